The van der Waals surface area contributed by atoms with Gasteiger partial charge in [-0.15, -0.1) is 0 Å². The first-order valence-electron chi connectivity index (χ1n) is 12.3. The molecule has 2 heteroatoms. The van der Waals surface area contributed by atoms with Crippen LogP contribution in [0.25, 0.3) is 0 Å². The summed E-state index contributed by atoms with van der Waals surface area (Å²) in [5.74, 6) is 4.38. The van der Waals surface area contributed by atoms with Gasteiger partial charge in [0.15, 0.2) is 5.78 Å². The Morgan fingerprint density at radius 3 is 2.48 bits per heavy atom. The van der Waals surface area contributed by atoms with Gasteiger partial charge >= 0.3 is 0 Å². The first kappa shape index (κ1) is 21.3. The number of hydrogen-bond acceptors (Lipinski definition) is 2. The summed E-state index contributed by atoms with van der Waals surface area (Å²) in [6, 6.07) is 0. The maximum atomic E-state index is 12.0. The average molecular weight is 399 g/mol. The zero-order valence-corrected chi connectivity index (χ0v) is 19.3. The van der Waals surface area contributed by atoms with Crippen molar-refractivity contribution in [3.8, 4) is 0 Å². The summed E-state index contributed by atoms with van der Waals surface area (Å²) in [5.41, 5.74) is 2.20. The Hall–Kier alpha value is -0.890. The summed E-state index contributed by atoms with van der Waals surface area (Å²) in [5, 5.41) is 10.2. The van der Waals surface area contributed by atoms with E-state index in [0.717, 1.165) is 42.9 Å². The standard InChI is InChI=1S/C27H42O2/c1-17(2)25(29)11-6-18(3)22-9-10-23-21-8-7-19-16-20(28)12-14-26(19,4)24(21)13-15-27(22,23)5/h6,11,16-18,21-25,29H,7-10,12-15H2,1-5H3. The Morgan fingerprint density at radius 2 is 1.76 bits per heavy atom. The lowest BCUT2D eigenvalue weighted by Crippen LogP contribution is -2.50. The van der Waals surface area contributed by atoms with E-state index in [9.17, 15) is 9.90 Å². The fourth-order valence-electron chi connectivity index (χ4n) is 8.11. The Balaban J connectivity index is 1.53. The van der Waals surface area contributed by atoms with Gasteiger partial charge in [0.1, 0.15) is 0 Å². The van der Waals surface area contributed by atoms with Crippen molar-refractivity contribution >= 4 is 5.78 Å². The van der Waals surface area contributed by atoms with Crippen LogP contribution in [0.5, 0.6) is 0 Å². The molecule has 0 aromatic rings. The quantitative estimate of drug-likeness (QED) is 0.561. The van der Waals surface area contributed by atoms with Crippen LogP contribution in [0.1, 0.15) is 86.0 Å². The molecule has 0 aromatic carbocycles. The van der Waals surface area contributed by atoms with Gasteiger partial charge in [0.05, 0.1) is 6.10 Å². The molecule has 2 nitrogen and oxygen atoms in total. The molecule has 0 bridgehead atoms. The topological polar surface area (TPSA) is 37.3 Å². The smallest absolute Gasteiger partial charge is 0.155 e. The normalized spacial score (nSPS) is 44.2. The predicted molar refractivity (Wildman–Crippen MR) is 119 cm³/mol. The SMILES string of the molecule is CC(C)C(O)C=CC(C)C1CCC2C3CCC4=CC(=O)CCC4(C)C3CCC12C. The summed E-state index contributed by atoms with van der Waals surface area (Å²) in [6.45, 7) is 11.6. The summed E-state index contributed by atoms with van der Waals surface area (Å²) in [7, 11) is 0. The monoisotopic (exact) mass is 398 g/mol. The minimum atomic E-state index is -0.323. The molecule has 8 unspecified atom stereocenters. The maximum Gasteiger partial charge on any atom is 0.155 e. The van der Waals surface area contributed by atoms with Crippen molar-refractivity contribution in [2.24, 2.45) is 46.3 Å². The molecule has 0 spiro atoms. The number of ketones is 1. The van der Waals surface area contributed by atoms with Gasteiger partial charge < -0.3 is 5.11 Å². The van der Waals surface area contributed by atoms with Crippen LogP contribution in [0.4, 0.5) is 0 Å². The molecule has 0 heterocycles. The Bertz CT molecular complexity index is 703. The third-order valence-corrected chi connectivity index (χ3v) is 9.96. The average Bonchev–Trinajstić information content (AvgIpc) is 3.03. The van der Waals surface area contributed by atoms with Crippen LogP contribution < -0.4 is 0 Å². The molecule has 4 rings (SSSR count). The first-order chi connectivity index (χ1) is 13.7. The fourth-order valence-corrected chi connectivity index (χ4v) is 8.11. The number of rotatable bonds is 4. The highest BCUT2D eigenvalue weighted by Crippen LogP contribution is 2.67. The van der Waals surface area contributed by atoms with E-state index >= 15 is 0 Å². The van der Waals surface area contributed by atoms with Crippen LogP contribution in [0, 0.1) is 46.3 Å². The highest BCUT2D eigenvalue weighted by Gasteiger charge is 2.59. The molecule has 0 saturated heterocycles. The van der Waals surface area contributed by atoms with Crippen LogP contribution >= 0.6 is 0 Å². The lowest BCUT2D eigenvalue weighted by molar-refractivity contribution is -0.117. The second-order valence-electron chi connectivity index (χ2n) is 11.7. The molecule has 3 saturated carbocycles. The second kappa shape index (κ2) is 7.66. The second-order valence-corrected chi connectivity index (χ2v) is 11.7. The van der Waals surface area contributed by atoms with E-state index in [-0.39, 0.29) is 17.4 Å². The van der Waals surface area contributed by atoms with Crippen LogP contribution in [0.15, 0.2) is 23.8 Å². The van der Waals surface area contributed by atoms with Gasteiger partial charge in [0.2, 0.25) is 0 Å². The van der Waals surface area contributed by atoms with Crippen molar-refractivity contribution < 1.29 is 9.90 Å². The van der Waals surface area contributed by atoms with E-state index in [1.165, 1.54) is 37.7 Å². The van der Waals surface area contributed by atoms with E-state index in [2.05, 4.69) is 46.8 Å². The van der Waals surface area contributed by atoms with Gasteiger partial charge in [-0.05, 0) is 97.4 Å². The molecule has 162 valence electrons. The van der Waals surface area contributed by atoms with Gasteiger partial charge in [0, 0.05) is 6.42 Å². The van der Waals surface area contributed by atoms with Crippen molar-refractivity contribution in [3.63, 3.8) is 0 Å². The highest BCUT2D eigenvalue weighted by molar-refractivity contribution is 5.91. The van der Waals surface area contributed by atoms with Crippen molar-refractivity contribution in [2.75, 3.05) is 0 Å². The van der Waals surface area contributed by atoms with Crippen molar-refractivity contribution in [3.05, 3.63) is 23.8 Å². The van der Waals surface area contributed by atoms with Gasteiger partial charge in [-0.25, -0.2) is 0 Å². The minimum absolute atomic E-state index is 0.281. The van der Waals surface area contributed by atoms with Gasteiger partial charge in [-0.3, -0.25) is 4.79 Å². The Morgan fingerprint density at radius 1 is 1.00 bits per heavy atom. The van der Waals surface area contributed by atoms with Crippen molar-refractivity contribution in [1.29, 1.82) is 0 Å². The Labute approximate surface area is 178 Å². The maximum absolute atomic E-state index is 12.0. The van der Waals surface area contributed by atoms with E-state index in [1.54, 1.807) is 0 Å². The molecule has 29 heavy (non-hydrogen) atoms. The molecule has 1 N–H and O–H groups in total. The molecule has 0 aliphatic heterocycles. The molecule has 0 radical (unpaired) electrons. The highest BCUT2D eigenvalue weighted by atomic mass is 16.3. The summed E-state index contributed by atoms with van der Waals surface area (Å²) >= 11 is 0. The molecular formula is C27H42O2. The Kier molecular flexibility index (Phi) is 5.64. The minimum Gasteiger partial charge on any atom is -0.389 e. The van der Waals surface area contributed by atoms with E-state index in [0.29, 0.717) is 17.1 Å². The molecule has 4 aliphatic carbocycles. The molecule has 0 aromatic heterocycles. The fraction of sp³-hybridized carbons (Fsp3) is 0.815. The van der Waals surface area contributed by atoms with Crippen LogP contribution in [-0.4, -0.2) is 17.0 Å². The van der Waals surface area contributed by atoms with E-state index < -0.39 is 0 Å². The van der Waals surface area contributed by atoms with E-state index in [4.69, 9.17) is 0 Å². The lowest BCUT2D eigenvalue weighted by Gasteiger charge is -2.58. The number of hydrogen-bond donors (Lipinski definition) is 1. The van der Waals surface area contributed by atoms with Crippen LogP contribution in [0.2, 0.25) is 0 Å². The number of aliphatic hydroxyl groups is 1. The molecule has 3 fully saturated rings. The largest absolute Gasteiger partial charge is 0.389 e. The van der Waals surface area contributed by atoms with Gasteiger partial charge in [-0.1, -0.05) is 52.3 Å². The molecule has 4 aliphatic rings. The molecular weight excluding hydrogens is 356 g/mol. The number of allylic oxidation sites excluding steroid dienone is 2. The lowest BCUT2D eigenvalue weighted by atomic mass is 9.46. The zero-order valence-electron chi connectivity index (χ0n) is 19.3. The predicted octanol–water partition coefficient (Wildman–Crippen LogP) is 6.34. The van der Waals surface area contributed by atoms with Gasteiger partial charge in [-0.2, -0.15) is 0 Å². The number of carbonyl (C=O) groups excluding carboxylic acids is 1. The van der Waals surface area contributed by atoms with Crippen LogP contribution in [-0.2, 0) is 4.79 Å². The third-order valence-electron chi connectivity index (χ3n) is 9.96. The molecule has 8 atom stereocenters. The summed E-state index contributed by atoms with van der Waals surface area (Å²) in [6.07, 6.45) is 15.7. The summed E-state index contributed by atoms with van der Waals surface area (Å²) < 4.78 is 0. The molecule has 0 amide bonds. The van der Waals surface area contributed by atoms with Crippen molar-refractivity contribution in [1.82, 2.24) is 0 Å². The third kappa shape index (κ3) is 3.48. The number of fused-ring (bicyclic) bond motifs is 5. The number of carbonyl (C=O) groups is 1. The van der Waals surface area contributed by atoms with Crippen LogP contribution in [0.3, 0.4) is 0 Å². The van der Waals surface area contributed by atoms with E-state index in [1.807, 2.05) is 6.08 Å². The first-order valence-corrected chi connectivity index (χ1v) is 12.3. The number of aliphatic hydroxyl groups excluding tert-OH is 1. The summed E-state index contributed by atoms with van der Waals surface area (Å²) in [4.78, 5) is 12.0. The zero-order chi connectivity index (χ0) is 21.0. The van der Waals surface area contributed by atoms with Crippen molar-refractivity contribution in [2.45, 2.75) is 92.1 Å². The van der Waals surface area contributed by atoms with Gasteiger partial charge in [0.25, 0.3) is 0 Å².